The molecule has 0 atom stereocenters. The Hall–Kier alpha value is -2.03. The van der Waals surface area contributed by atoms with E-state index in [0.29, 0.717) is 13.1 Å². The lowest BCUT2D eigenvalue weighted by molar-refractivity contribution is -0.166. The highest BCUT2D eigenvalue weighted by atomic mass is 31.2. The van der Waals surface area contributed by atoms with Crippen LogP contribution in [0.1, 0.15) is 26.7 Å². The maximum absolute atomic E-state index is 14.3. The first-order valence-electron chi connectivity index (χ1n) is 10.3. The second kappa shape index (κ2) is 13.9. The summed E-state index contributed by atoms with van der Waals surface area (Å²) in [5.41, 5.74) is -0.940. The molecule has 0 spiro atoms. The quantitative estimate of drug-likeness (QED) is 0.106. The van der Waals surface area contributed by atoms with Crippen molar-refractivity contribution in [2.24, 2.45) is 4.99 Å². The molecule has 1 rings (SSSR count). The van der Waals surface area contributed by atoms with Gasteiger partial charge in [0.1, 0.15) is 6.35 Å². The van der Waals surface area contributed by atoms with Gasteiger partial charge in [0.05, 0.1) is 19.5 Å². The average molecular weight is 542 g/mol. The van der Waals surface area contributed by atoms with E-state index in [1.165, 1.54) is 6.34 Å². The van der Waals surface area contributed by atoms with Crippen molar-refractivity contribution < 1.29 is 49.1 Å². The molecule has 0 saturated heterocycles. The zero-order chi connectivity index (χ0) is 26.7. The van der Waals surface area contributed by atoms with Crippen LogP contribution < -0.4 is 5.69 Å². The topological polar surface area (TPSA) is 95.2 Å². The summed E-state index contributed by atoms with van der Waals surface area (Å²) in [7, 11) is -4.96. The molecule has 1 heterocycles. The van der Waals surface area contributed by atoms with Crippen LogP contribution in [0, 0.1) is 5.82 Å². The van der Waals surface area contributed by atoms with Gasteiger partial charge in [-0.15, -0.1) is 0 Å². The minimum absolute atomic E-state index is 0.414. The summed E-state index contributed by atoms with van der Waals surface area (Å²) in [5, 5.41) is 0. The van der Waals surface area contributed by atoms with Gasteiger partial charge in [0.15, 0.2) is 24.8 Å². The molecule has 0 radical (unpaired) electrons. The number of hydrogen-bond donors (Lipinski definition) is 0. The first-order chi connectivity index (χ1) is 16.2. The van der Waals surface area contributed by atoms with E-state index < -0.39 is 70.0 Å². The van der Waals surface area contributed by atoms with E-state index in [1.54, 1.807) is 0 Å². The molecule has 1 aromatic rings. The van der Waals surface area contributed by atoms with Gasteiger partial charge < -0.3 is 9.64 Å². The first-order valence-corrected chi connectivity index (χ1v) is 12.1. The number of rotatable bonds is 15. The summed E-state index contributed by atoms with van der Waals surface area (Å²) in [6.07, 6.45) is -7.47. The van der Waals surface area contributed by atoms with Gasteiger partial charge in [-0.1, -0.05) is 13.8 Å². The Morgan fingerprint density at radius 1 is 1.09 bits per heavy atom. The maximum atomic E-state index is 14.3. The molecule has 17 heteroatoms. The predicted molar refractivity (Wildman–Crippen MR) is 111 cm³/mol. The Balaban J connectivity index is 2.77. The van der Waals surface area contributed by atoms with E-state index >= 15 is 0 Å². The van der Waals surface area contributed by atoms with Gasteiger partial charge in [-0.05, 0) is 12.8 Å². The van der Waals surface area contributed by atoms with Gasteiger partial charge >= 0.3 is 25.6 Å². The van der Waals surface area contributed by atoms with Crippen LogP contribution in [0.25, 0.3) is 0 Å². The van der Waals surface area contributed by atoms with E-state index in [0.717, 1.165) is 23.6 Å². The van der Waals surface area contributed by atoms with E-state index in [-0.39, 0.29) is 0 Å². The van der Waals surface area contributed by atoms with Gasteiger partial charge in [-0.25, -0.2) is 14.2 Å². The molecule has 9 nitrogen and oxygen atoms in total. The van der Waals surface area contributed by atoms with Crippen LogP contribution in [-0.2, 0) is 24.9 Å². The fourth-order valence-electron chi connectivity index (χ4n) is 2.44. The van der Waals surface area contributed by atoms with Crippen LogP contribution in [0.4, 0.5) is 36.6 Å². The first kappa shape index (κ1) is 31.0. The number of aliphatic imine (C=N–C) groups is 1. The van der Waals surface area contributed by atoms with Gasteiger partial charge in [0.2, 0.25) is 0 Å². The Bertz CT molecular complexity index is 896. The third kappa shape index (κ3) is 13.0. The maximum Gasteiger partial charge on any atom is 0.412 e. The predicted octanol–water partition coefficient (Wildman–Crippen LogP) is 4.49. The van der Waals surface area contributed by atoms with E-state index in [1.807, 2.05) is 18.7 Å². The standard InChI is InChI=1S/C18H26F7N4O5P/c1-3-5-28(6-4-2)12-26-15-14(19)9-29(16(30)27-15)7-8-32-13-35(31,33-10-17(20,21)22)34-11-18(23,24)25/h9,12H,3-8,10-11,13H2,1-2H3. The van der Waals surface area contributed by atoms with Gasteiger partial charge in [0, 0.05) is 19.3 Å². The van der Waals surface area contributed by atoms with Crippen molar-refractivity contribution in [3.8, 4) is 0 Å². The van der Waals surface area contributed by atoms with E-state index in [4.69, 9.17) is 4.74 Å². The monoisotopic (exact) mass is 542 g/mol. The number of nitrogens with zero attached hydrogens (tertiary/aromatic N) is 4. The van der Waals surface area contributed by atoms with Crippen molar-refractivity contribution >= 4 is 19.8 Å². The highest BCUT2D eigenvalue weighted by Crippen LogP contribution is 2.50. The molecule has 0 aromatic carbocycles. The molecule has 0 N–H and O–H groups in total. The van der Waals surface area contributed by atoms with Crippen molar-refractivity contribution in [3.05, 3.63) is 22.5 Å². The van der Waals surface area contributed by atoms with Crippen molar-refractivity contribution in [2.45, 2.75) is 45.6 Å². The summed E-state index contributed by atoms with van der Waals surface area (Å²) in [6.45, 7) is -0.00775. The molecule has 0 aliphatic carbocycles. The molecule has 0 aliphatic rings. The lowest BCUT2D eigenvalue weighted by Gasteiger charge is -2.20. The number of ether oxygens (including phenoxy) is 1. The number of hydrogen-bond acceptors (Lipinski definition) is 7. The van der Waals surface area contributed by atoms with Crippen molar-refractivity contribution in [3.63, 3.8) is 0 Å². The largest absolute Gasteiger partial charge is 0.412 e. The van der Waals surface area contributed by atoms with E-state index in [9.17, 15) is 40.1 Å². The molecule has 0 unspecified atom stereocenters. The molecule has 35 heavy (non-hydrogen) atoms. The highest BCUT2D eigenvalue weighted by molar-refractivity contribution is 7.53. The molecule has 202 valence electrons. The lowest BCUT2D eigenvalue weighted by Crippen LogP contribution is -2.26. The average Bonchev–Trinajstić information content (AvgIpc) is 2.74. The molecular formula is C18H26F7N4O5P. The zero-order valence-electron chi connectivity index (χ0n) is 18.9. The SMILES string of the molecule is CCCN(C=Nc1nc(=O)n(CCOCP(=O)(OCC(F)(F)F)OCC(F)(F)F)cc1F)CCC. The smallest absolute Gasteiger partial charge is 0.367 e. The molecule has 0 bridgehead atoms. The Morgan fingerprint density at radius 3 is 2.11 bits per heavy atom. The van der Waals surface area contributed by atoms with Crippen LogP contribution in [0.2, 0.25) is 0 Å². The third-order valence-corrected chi connectivity index (χ3v) is 5.41. The highest BCUT2D eigenvalue weighted by Gasteiger charge is 2.38. The van der Waals surface area contributed by atoms with E-state index in [2.05, 4.69) is 19.0 Å². The summed E-state index contributed by atoms with van der Waals surface area (Å²) in [5.74, 6) is -1.42. The molecule has 0 aliphatic heterocycles. The summed E-state index contributed by atoms with van der Waals surface area (Å²) in [6, 6.07) is 0. The summed E-state index contributed by atoms with van der Waals surface area (Å²) >= 11 is 0. The van der Waals surface area contributed by atoms with Crippen molar-refractivity contribution in [1.29, 1.82) is 0 Å². The number of aromatic nitrogens is 2. The van der Waals surface area contributed by atoms with Crippen LogP contribution in [-0.4, -0.2) is 72.4 Å². The second-order valence-electron chi connectivity index (χ2n) is 7.09. The summed E-state index contributed by atoms with van der Waals surface area (Å²) < 4.78 is 114. The third-order valence-electron chi connectivity index (χ3n) is 3.87. The van der Waals surface area contributed by atoms with Crippen LogP contribution in [0.3, 0.4) is 0 Å². The fraction of sp³-hybridized carbons (Fsp3) is 0.722. The normalized spacial score (nSPS) is 13.1. The van der Waals surface area contributed by atoms with Crippen LogP contribution >= 0.6 is 7.60 Å². The van der Waals surface area contributed by atoms with Gasteiger partial charge in [-0.3, -0.25) is 18.2 Å². The minimum Gasteiger partial charge on any atom is -0.367 e. The lowest BCUT2D eigenvalue weighted by atomic mass is 10.4. The van der Waals surface area contributed by atoms with Crippen molar-refractivity contribution in [2.75, 3.05) is 39.3 Å². The zero-order valence-corrected chi connectivity index (χ0v) is 19.8. The fourth-order valence-corrected chi connectivity index (χ4v) is 3.70. The van der Waals surface area contributed by atoms with Crippen LogP contribution in [0.15, 0.2) is 16.0 Å². The molecule has 0 fully saturated rings. The van der Waals surface area contributed by atoms with Gasteiger partial charge in [0.25, 0.3) is 0 Å². The van der Waals surface area contributed by atoms with Crippen LogP contribution in [0.5, 0.6) is 0 Å². The Morgan fingerprint density at radius 2 is 1.63 bits per heavy atom. The number of alkyl halides is 6. The molecule has 0 amide bonds. The van der Waals surface area contributed by atoms with Gasteiger partial charge in [-0.2, -0.15) is 31.3 Å². The second-order valence-corrected chi connectivity index (χ2v) is 9.09. The number of halogens is 7. The Kier molecular flexibility index (Phi) is 12.3. The molecule has 0 saturated carbocycles. The molecular weight excluding hydrogens is 516 g/mol. The van der Waals surface area contributed by atoms with Crippen molar-refractivity contribution in [1.82, 2.24) is 14.5 Å². The minimum atomic E-state index is -4.98. The Labute approximate surface area is 196 Å². The molecule has 1 aromatic heterocycles. The summed E-state index contributed by atoms with van der Waals surface area (Å²) in [4.78, 5) is 21.3.